The van der Waals surface area contributed by atoms with E-state index in [0.717, 1.165) is 12.1 Å². The van der Waals surface area contributed by atoms with Gasteiger partial charge in [-0.05, 0) is 93.2 Å². The second-order valence-electron chi connectivity index (χ2n) is 20.4. The molecule has 0 N–H and O–H groups in total. The van der Waals surface area contributed by atoms with E-state index < -0.39 is 60.5 Å². The first-order chi connectivity index (χ1) is 27.7. The van der Waals surface area contributed by atoms with Gasteiger partial charge in [0.1, 0.15) is 29.3 Å². The van der Waals surface area contributed by atoms with Crippen LogP contribution in [0, 0.1) is 5.92 Å². The number of ether oxygens (including phenoxy) is 7. The fourth-order valence-electron chi connectivity index (χ4n) is 6.10. The Bertz CT molecular complexity index is 1740. The smallest absolute Gasteiger partial charge is 0.342 e. The van der Waals surface area contributed by atoms with E-state index in [2.05, 4.69) is 93.1 Å². The van der Waals surface area contributed by atoms with Gasteiger partial charge in [0, 0.05) is 35.4 Å². The van der Waals surface area contributed by atoms with E-state index in [4.69, 9.17) is 37.6 Å². The van der Waals surface area contributed by atoms with Gasteiger partial charge in [0.2, 0.25) is 0 Å². The number of benzene rings is 2. The van der Waals surface area contributed by atoms with Crippen molar-refractivity contribution in [2.45, 2.75) is 155 Å². The van der Waals surface area contributed by atoms with Crippen molar-refractivity contribution in [3.63, 3.8) is 0 Å². The molecule has 10 nitrogen and oxygen atoms in total. The highest BCUT2D eigenvalue weighted by Gasteiger charge is 2.46. The molecule has 336 valence electrons. The van der Waals surface area contributed by atoms with E-state index in [1.165, 1.54) is 7.11 Å². The molecular formula is C47H76O10Si3. The van der Waals surface area contributed by atoms with Crippen LogP contribution >= 0.6 is 0 Å². The van der Waals surface area contributed by atoms with Crippen molar-refractivity contribution in [3.05, 3.63) is 77.4 Å². The molecule has 0 saturated carbocycles. The minimum absolute atomic E-state index is 0.0180. The molecule has 1 aliphatic rings. The van der Waals surface area contributed by atoms with E-state index in [1.807, 2.05) is 56.3 Å². The molecule has 0 radical (unpaired) electrons. The lowest BCUT2D eigenvalue weighted by atomic mass is 9.99. The van der Waals surface area contributed by atoms with Crippen LogP contribution in [-0.4, -0.2) is 93.7 Å². The van der Waals surface area contributed by atoms with Gasteiger partial charge in [0.15, 0.2) is 20.9 Å². The lowest BCUT2D eigenvalue weighted by Gasteiger charge is -2.39. The predicted octanol–water partition coefficient (Wildman–Crippen LogP) is 11.6. The van der Waals surface area contributed by atoms with E-state index >= 15 is 0 Å². The molecule has 1 heterocycles. The Hall–Kier alpha value is -3.05. The normalized spacial score (nSPS) is 19.0. The van der Waals surface area contributed by atoms with Crippen molar-refractivity contribution in [2.75, 3.05) is 27.1 Å². The molecule has 5 atom stereocenters. The van der Waals surface area contributed by atoms with Crippen LogP contribution in [0.1, 0.15) is 81.2 Å². The Labute approximate surface area is 364 Å². The van der Waals surface area contributed by atoms with Crippen LogP contribution in [0.25, 0.3) is 6.08 Å². The molecule has 0 bridgehead atoms. The highest BCUT2D eigenvalue weighted by Crippen LogP contribution is 2.39. The summed E-state index contributed by atoms with van der Waals surface area (Å²) in [5.41, 5.74) is 1.31. The zero-order valence-corrected chi connectivity index (χ0v) is 42.6. The van der Waals surface area contributed by atoms with E-state index in [1.54, 1.807) is 18.2 Å². The molecule has 0 aliphatic carbocycles. The molecule has 2 aromatic carbocycles. The first-order valence-electron chi connectivity index (χ1n) is 21.5. The third kappa shape index (κ3) is 16.7. The summed E-state index contributed by atoms with van der Waals surface area (Å²) in [7, 11) is -3.34. The monoisotopic (exact) mass is 884 g/mol. The highest BCUT2D eigenvalue weighted by atomic mass is 28.4. The Morgan fingerprint density at radius 2 is 1.48 bits per heavy atom. The lowest BCUT2D eigenvalue weighted by Crippen LogP contribution is -2.44. The van der Waals surface area contributed by atoms with Gasteiger partial charge in [-0.25, -0.2) is 9.59 Å². The van der Waals surface area contributed by atoms with Crippen molar-refractivity contribution >= 4 is 42.5 Å². The summed E-state index contributed by atoms with van der Waals surface area (Å²) in [5.74, 6) is -0.988. The standard InChI is InChI=1S/C47H76O10Si3/c1-34(35(2)57-60(15,16)46(3,4)5)25-26-39(54-44(48)36-21-18-17-19-22-36)43-40(55-47(6,7)56-43)24-20-23-37-31-38(51-27-29-58(9,10)11)32-41(53-33-50-8)42(37)45(49)52-28-30-59(12,13)14/h17-23,25-26,31-32,34-35,39-40,43H,24,27-30,33H2,1-16H3/b23-20+,26-25-/t34-,35+,39?,40+,43-/m1/s1. The van der Waals surface area contributed by atoms with Gasteiger partial charge < -0.3 is 37.6 Å². The van der Waals surface area contributed by atoms with Crippen LogP contribution in [-0.2, 0) is 28.1 Å². The molecule has 0 aromatic heterocycles. The number of hydrogen-bond acceptors (Lipinski definition) is 10. The quantitative estimate of drug-likeness (QED) is 0.0491. The largest absolute Gasteiger partial charge is 0.494 e. The maximum absolute atomic E-state index is 13.9. The average molecular weight is 885 g/mol. The van der Waals surface area contributed by atoms with Crippen LogP contribution in [0.15, 0.2) is 60.7 Å². The van der Waals surface area contributed by atoms with Crippen molar-refractivity contribution in [2.24, 2.45) is 5.92 Å². The van der Waals surface area contributed by atoms with E-state index in [9.17, 15) is 9.59 Å². The molecule has 0 spiro atoms. The van der Waals surface area contributed by atoms with Crippen molar-refractivity contribution in [1.82, 2.24) is 0 Å². The minimum Gasteiger partial charge on any atom is -0.494 e. The molecule has 60 heavy (non-hydrogen) atoms. The number of carbonyl (C=O) groups is 2. The van der Waals surface area contributed by atoms with Gasteiger partial charge in [-0.15, -0.1) is 0 Å². The van der Waals surface area contributed by atoms with Gasteiger partial charge in [-0.1, -0.05) is 103 Å². The summed E-state index contributed by atoms with van der Waals surface area (Å²) in [4.78, 5) is 27.5. The number of esters is 2. The fourth-order valence-corrected chi connectivity index (χ4v) is 9.03. The van der Waals surface area contributed by atoms with Gasteiger partial charge in [-0.3, -0.25) is 0 Å². The summed E-state index contributed by atoms with van der Waals surface area (Å²) in [5, 5.41) is 0.0645. The zero-order chi connectivity index (χ0) is 45.1. The molecule has 1 fully saturated rings. The van der Waals surface area contributed by atoms with Crippen LogP contribution in [0.2, 0.25) is 69.5 Å². The number of carbonyl (C=O) groups excluding carboxylic acids is 2. The van der Waals surface area contributed by atoms with Gasteiger partial charge in [-0.2, -0.15) is 0 Å². The zero-order valence-electron chi connectivity index (χ0n) is 39.6. The maximum atomic E-state index is 13.9. The van der Waals surface area contributed by atoms with Crippen LogP contribution in [0.5, 0.6) is 11.5 Å². The SMILES string of the molecule is COCOc1cc(OCC[Si](C)(C)C)cc(/C=C/C[C@@H]2OC(C)(C)O[C@@H]2C(/C=C\[C@@H](C)[C@H](C)O[Si](C)(C)C(C)(C)C)OC(=O)c2ccccc2)c1C(=O)OCC[Si](C)(C)C. The summed E-state index contributed by atoms with van der Waals surface area (Å²) in [6, 6.07) is 14.3. The van der Waals surface area contributed by atoms with E-state index in [0.29, 0.717) is 42.3 Å². The van der Waals surface area contributed by atoms with Crippen LogP contribution in [0.3, 0.4) is 0 Å². The third-order valence-electron chi connectivity index (χ3n) is 10.9. The van der Waals surface area contributed by atoms with Gasteiger partial charge in [0.05, 0.1) is 24.9 Å². The Kier molecular flexibility index (Phi) is 18.7. The molecule has 0 amide bonds. The summed E-state index contributed by atoms with van der Waals surface area (Å²) >= 11 is 0. The number of methoxy groups -OCH3 is 1. The molecule has 1 aliphatic heterocycles. The molecular weight excluding hydrogens is 809 g/mol. The van der Waals surface area contributed by atoms with Crippen LogP contribution in [0.4, 0.5) is 0 Å². The highest BCUT2D eigenvalue weighted by molar-refractivity contribution is 6.76. The van der Waals surface area contributed by atoms with Crippen LogP contribution < -0.4 is 9.47 Å². The molecule has 1 unspecified atom stereocenters. The Morgan fingerprint density at radius 1 is 0.850 bits per heavy atom. The summed E-state index contributed by atoms with van der Waals surface area (Å²) in [6.07, 6.45) is 6.15. The molecule has 2 aromatic rings. The Balaban J connectivity index is 2.02. The third-order valence-corrected chi connectivity index (χ3v) is 18.9. The second kappa shape index (κ2) is 21.8. The number of hydrogen-bond donors (Lipinski definition) is 0. The first-order valence-corrected chi connectivity index (χ1v) is 31.8. The van der Waals surface area contributed by atoms with Gasteiger partial charge >= 0.3 is 11.9 Å². The molecule has 1 saturated heterocycles. The van der Waals surface area contributed by atoms with Crippen molar-refractivity contribution in [1.29, 1.82) is 0 Å². The van der Waals surface area contributed by atoms with E-state index in [-0.39, 0.29) is 29.4 Å². The predicted molar refractivity (Wildman–Crippen MR) is 250 cm³/mol. The second-order valence-corrected chi connectivity index (χ2v) is 36.4. The summed E-state index contributed by atoms with van der Waals surface area (Å²) < 4.78 is 49.4. The lowest BCUT2D eigenvalue weighted by molar-refractivity contribution is -0.152. The first kappa shape index (κ1) is 51.3. The topological polar surface area (TPSA) is 108 Å². The summed E-state index contributed by atoms with van der Waals surface area (Å²) in [6.45, 7) is 33.6. The molecule has 13 heteroatoms. The van der Waals surface area contributed by atoms with Crippen molar-refractivity contribution < 1.29 is 47.2 Å². The maximum Gasteiger partial charge on any atom is 0.342 e. The molecule has 3 rings (SSSR count). The number of rotatable bonds is 22. The Morgan fingerprint density at radius 3 is 2.08 bits per heavy atom. The average Bonchev–Trinajstić information content (AvgIpc) is 3.44. The fraction of sp³-hybridized carbons (Fsp3) is 0.617. The van der Waals surface area contributed by atoms with Crippen molar-refractivity contribution in [3.8, 4) is 11.5 Å². The van der Waals surface area contributed by atoms with Gasteiger partial charge in [0.25, 0.3) is 0 Å². The minimum atomic E-state index is -2.03.